The van der Waals surface area contributed by atoms with E-state index < -0.39 is 0 Å². The van der Waals surface area contributed by atoms with E-state index in [1.807, 2.05) is 49.4 Å². The van der Waals surface area contributed by atoms with Gasteiger partial charge in [0.05, 0.1) is 29.0 Å². The SMILES string of the molecule is CCOc1ccc(-n2c(SCC(=O)N[C@@H]3CCCC[C@@H]3C)nc3ccccc3c2=O)cc1. The van der Waals surface area contributed by atoms with Gasteiger partial charge in [0.2, 0.25) is 5.91 Å². The van der Waals surface area contributed by atoms with Crippen molar-refractivity contribution >= 4 is 28.6 Å². The molecule has 2 aromatic carbocycles. The molecule has 0 saturated heterocycles. The van der Waals surface area contributed by atoms with Crippen molar-refractivity contribution < 1.29 is 9.53 Å². The van der Waals surface area contributed by atoms with Gasteiger partial charge in [-0.1, -0.05) is 43.7 Å². The molecule has 1 fully saturated rings. The summed E-state index contributed by atoms with van der Waals surface area (Å²) in [6.45, 7) is 4.71. The number of nitrogens with zero attached hydrogens (tertiary/aromatic N) is 2. The number of amides is 1. The molecule has 1 N–H and O–H groups in total. The molecule has 2 atom stereocenters. The van der Waals surface area contributed by atoms with Crippen molar-refractivity contribution in [1.29, 1.82) is 0 Å². The van der Waals surface area contributed by atoms with Crippen molar-refractivity contribution in [1.82, 2.24) is 14.9 Å². The maximum atomic E-state index is 13.3. The van der Waals surface area contributed by atoms with E-state index in [1.165, 1.54) is 18.2 Å². The molecule has 0 aliphatic heterocycles. The number of benzene rings is 2. The molecule has 168 valence electrons. The monoisotopic (exact) mass is 451 g/mol. The van der Waals surface area contributed by atoms with Gasteiger partial charge in [-0.05, 0) is 62.1 Å². The first-order valence-electron chi connectivity index (χ1n) is 11.2. The topological polar surface area (TPSA) is 73.2 Å². The zero-order valence-electron chi connectivity index (χ0n) is 18.5. The summed E-state index contributed by atoms with van der Waals surface area (Å²) in [6, 6.07) is 14.9. The zero-order valence-corrected chi connectivity index (χ0v) is 19.4. The molecule has 1 heterocycles. The minimum atomic E-state index is -0.149. The minimum absolute atomic E-state index is 0.0191. The lowest BCUT2D eigenvalue weighted by Crippen LogP contribution is -2.41. The quantitative estimate of drug-likeness (QED) is 0.421. The first kappa shape index (κ1) is 22.4. The van der Waals surface area contributed by atoms with Crippen molar-refractivity contribution in [3.63, 3.8) is 0 Å². The summed E-state index contributed by atoms with van der Waals surface area (Å²) in [5.74, 6) is 1.44. The van der Waals surface area contributed by atoms with E-state index in [1.54, 1.807) is 10.6 Å². The van der Waals surface area contributed by atoms with Crippen LogP contribution in [0.5, 0.6) is 5.75 Å². The van der Waals surface area contributed by atoms with Crippen molar-refractivity contribution in [3.8, 4) is 11.4 Å². The first-order valence-corrected chi connectivity index (χ1v) is 12.2. The zero-order chi connectivity index (χ0) is 22.5. The van der Waals surface area contributed by atoms with Gasteiger partial charge < -0.3 is 10.1 Å². The second-order valence-electron chi connectivity index (χ2n) is 8.20. The van der Waals surface area contributed by atoms with Crippen LogP contribution in [-0.4, -0.2) is 33.9 Å². The Hall–Kier alpha value is -2.80. The molecule has 3 aromatic rings. The second-order valence-corrected chi connectivity index (χ2v) is 9.15. The van der Waals surface area contributed by atoms with Gasteiger partial charge in [0, 0.05) is 6.04 Å². The molecule has 1 aliphatic carbocycles. The summed E-state index contributed by atoms with van der Waals surface area (Å²) in [5.41, 5.74) is 1.17. The van der Waals surface area contributed by atoms with Crippen LogP contribution in [-0.2, 0) is 4.79 Å². The third-order valence-corrected chi connectivity index (χ3v) is 6.88. The maximum Gasteiger partial charge on any atom is 0.266 e. The predicted octanol–water partition coefficient (Wildman–Crippen LogP) is 4.57. The molecule has 1 saturated carbocycles. The summed E-state index contributed by atoms with van der Waals surface area (Å²) in [6.07, 6.45) is 4.58. The highest BCUT2D eigenvalue weighted by Gasteiger charge is 2.23. The lowest BCUT2D eigenvalue weighted by Gasteiger charge is -2.29. The molecule has 6 nitrogen and oxygen atoms in total. The van der Waals surface area contributed by atoms with E-state index in [4.69, 9.17) is 9.72 Å². The number of rotatable bonds is 7. The maximum absolute atomic E-state index is 13.3. The number of hydrogen-bond donors (Lipinski definition) is 1. The fourth-order valence-electron chi connectivity index (χ4n) is 4.20. The van der Waals surface area contributed by atoms with Crippen molar-refractivity contribution in [3.05, 3.63) is 58.9 Å². The van der Waals surface area contributed by atoms with Crippen LogP contribution in [0.4, 0.5) is 0 Å². The van der Waals surface area contributed by atoms with Gasteiger partial charge in [-0.2, -0.15) is 0 Å². The number of para-hydroxylation sites is 1. The second kappa shape index (κ2) is 10.2. The molecule has 7 heteroatoms. The standard InChI is InChI=1S/C25H29N3O3S/c1-3-31-19-14-12-18(13-15-19)28-24(30)20-9-5-7-11-22(20)27-25(28)32-16-23(29)26-21-10-6-4-8-17(21)2/h5,7,9,11-15,17,21H,3-4,6,8,10,16H2,1-2H3,(H,26,29)/t17-,21+/m0/s1. The van der Waals surface area contributed by atoms with Gasteiger partial charge in [-0.15, -0.1) is 0 Å². The number of fused-ring (bicyclic) bond motifs is 1. The number of nitrogens with one attached hydrogen (secondary N) is 1. The number of ether oxygens (including phenoxy) is 1. The molecule has 1 aromatic heterocycles. The van der Waals surface area contributed by atoms with E-state index in [9.17, 15) is 9.59 Å². The summed E-state index contributed by atoms with van der Waals surface area (Å²) in [5, 5.41) is 4.23. The van der Waals surface area contributed by atoms with E-state index >= 15 is 0 Å². The van der Waals surface area contributed by atoms with Crippen LogP contribution in [0.15, 0.2) is 58.5 Å². The summed E-state index contributed by atoms with van der Waals surface area (Å²) in [7, 11) is 0. The van der Waals surface area contributed by atoms with Gasteiger partial charge in [0.1, 0.15) is 5.75 Å². The van der Waals surface area contributed by atoms with E-state index in [2.05, 4.69) is 12.2 Å². The van der Waals surface area contributed by atoms with Gasteiger partial charge >= 0.3 is 0 Å². The largest absolute Gasteiger partial charge is 0.494 e. The van der Waals surface area contributed by atoms with Gasteiger partial charge in [0.25, 0.3) is 5.56 Å². The highest BCUT2D eigenvalue weighted by molar-refractivity contribution is 7.99. The molecule has 32 heavy (non-hydrogen) atoms. The van der Waals surface area contributed by atoms with Gasteiger partial charge in [-0.3, -0.25) is 14.2 Å². The van der Waals surface area contributed by atoms with Crippen LogP contribution in [0.3, 0.4) is 0 Å². The third-order valence-electron chi connectivity index (χ3n) is 5.94. The molecular weight excluding hydrogens is 422 g/mol. The normalized spacial score (nSPS) is 18.4. The van der Waals surface area contributed by atoms with Crippen LogP contribution in [0, 0.1) is 5.92 Å². The first-order chi connectivity index (χ1) is 15.6. The summed E-state index contributed by atoms with van der Waals surface area (Å²) < 4.78 is 7.11. The Morgan fingerprint density at radius 3 is 2.66 bits per heavy atom. The Morgan fingerprint density at radius 1 is 1.16 bits per heavy atom. The highest BCUT2D eigenvalue weighted by Crippen LogP contribution is 2.25. The molecule has 0 radical (unpaired) electrons. The number of thioether (sulfide) groups is 1. The Labute approximate surface area is 192 Å². The number of carbonyl (C=O) groups excluding carboxylic acids is 1. The average Bonchev–Trinajstić information content (AvgIpc) is 2.80. The fourth-order valence-corrected chi connectivity index (χ4v) is 5.03. The van der Waals surface area contributed by atoms with E-state index in [-0.39, 0.29) is 23.3 Å². The van der Waals surface area contributed by atoms with Crippen LogP contribution in [0.1, 0.15) is 39.5 Å². The molecule has 0 bridgehead atoms. The van der Waals surface area contributed by atoms with Gasteiger partial charge in [-0.25, -0.2) is 4.98 Å². The molecule has 0 spiro atoms. The Kier molecular flexibility index (Phi) is 7.15. The smallest absolute Gasteiger partial charge is 0.266 e. The van der Waals surface area contributed by atoms with Crippen LogP contribution in [0.25, 0.3) is 16.6 Å². The minimum Gasteiger partial charge on any atom is -0.494 e. The predicted molar refractivity (Wildman–Crippen MR) is 129 cm³/mol. The highest BCUT2D eigenvalue weighted by atomic mass is 32.2. The summed E-state index contributed by atoms with van der Waals surface area (Å²) >= 11 is 1.29. The van der Waals surface area contributed by atoms with Crippen molar-refractivity contribution in [2.75, 3.05) is 12.4 Å². The Balaban J connectivity index is 1.61. The molecular formula is C25H29N3O3S. The molecule has 1 aliphatic rings. The Morgan fingerprint density at radius 2 is 1.91 bits per heavy atom. The van der Waals surface area contributed by atoms with Crippen LogP contribution in [0.2, 0.25) is 0 Å². The fraction of sp³-hybridized carbons (Fsp3) is 0.400. The number of aromatic nitrogens is 2. The summed E-state index contributed by atoms with van der Waals surface area (Å²) in [4.78, 5) is 30.7. The third kappa shape index (κ3) is 4.99. The molecule has 4 rings (SSSR count). The van der Waals surface area contributed by atoms with Crippen molar-refractivity contribution in [2.45, 2.75) is 50.7 Å². The molecule has 1 amide bonds. The van der Waals surface area contributed by atoms with Gasteiger partial charge in [0.15, 0.2) is 5.16 Å². The Bertz CT molecular complexity index is 1140. The number of carbonyl (C=O) groups is 1. The van der Waals surface area contributed by atoms with Crippen LogP contribution < -0.4 is 15.6 Å². The van der Waals surface area contributed by atoms with E-state index in [0.717, 1.165) is 25.0 Å². The van der Waals surface area contributed by atoms with Crippen LogP contribution >= 0.6 is 11.8 Å². The number of hydrogen-bond acceptors (Lipinski definition) is 5. The lowest BCUT2D eigenvalue weighted by atomic mass is 9.86. The van der Waals surface area contributed by atoms with E-state index in [0.29, 0.717) is 34.3 Å². The lowest BCUT2D eigenvalue weighted by molar-refractivity contribution is -0.119. The van der Waals surface area contributed by atoms with Crippen molar-refractivity contribution in [2.24, 2.45) is 5.92 Å². The average molecular weight is 452 g/mol. The molecule has 0 unspecified atom stereocenters.